The molecule has 3 aromatic rings. The Morgan fingerprint density at radius 2 is 2.13 bits per heavy atom. The van der Waals surface area contributed by atoms with Crippen LogP contribution in [0.1, 0.15) is 18.0 Å². The van der Waals surface area contributed by atoms with Crippen molar-refractivity contribution in [3.63, 3.8) is 0 Å². The molecule has 3 heterocycles. The number of hydrogen-bond acceptors (Lipinski definition) is 5. The van der Waals surface area contributed by atoms with Crippen molar-refractivity contribution in [2.45, 2.75) is 18.6 Å². The maximum absolute atomic E-state index is 14.2. The minimum Gasteiger partial charge on any atom is -0.391 e. The summed E-state index contributed by atoms with van der Waals surface area (Å²) in [6, 6.07) is 2.82. The molecule has 0 aliphatic carbocycles. The van der Waals surface area contributed by atoms with E-state index in [1.807, 2.05) is 0 Å². The van der Waals surface area contributed by atoms with Gasteiger partial charge in [-0.2, -0.15) is 0 Å². The van der Waals surface area contributed by atoms with E-state index >= 15 is 0 Å². The second-order valence-electron chi connectivity index (χ2n) is 5.54. The second-order valence-corrected chi connectivity index (χ2v) is 5.54. The molecule has 0 bridgehead atoms. The van der Waals surface area contributed by atoms with Crippen LogP contribution in [-0.4, -0.2) is 37.3 Å². The summed E-state index contributed by atoms with van der Waals surface area (Å²) in [5, 5.41) is 17.9. The van der Waals surface area contributed by atoms with Crippen LogP contribution in [0.4, 0.5) is 14.6 Å². The van der Waals surface area contributed by atoms with Gasteiger partial charge in [0.2, 0.25) is 5.65 Å². The van der Waals surface area contributed by atoms with Crippen LogP contribution in [0.25, 0.3) is 5.65 Å². The Balaban J connectivity index is 1.83. The summed E-state index contributed by atoms with van der Waals surface area (Å²) < 4.78 is 29.4. The van der Waals surface area contributed by atoms with Gasteiger partial charge in [-0.1, -0.05) is 0 Å². The average Bonchev–Trinajstić information content (AvgIpc) is 3.15. The van der Waals surface area contributed by atoms with Gasteiger partial charge in [-0.25, -0.2) is 13.8 Å². The van der Waals surface area contributed by atoms with Gasteiger partial charge in [-0.15, -0.1) is 10.2 Å². The molecule has 0 amide bonds. The van der Waals surface area contributed by atoms with Crippen molar-refractivity contribution in [2.75, 3.05) is 11.4 Å². The predicted octanol–water partition coefficient (Wildman–Crippen LogP) is 1.71. The molecule has 23 heavy (non-hydrogen) atoms. The van der Waals surface area contributed by atoms with E-state index in [0.29, 0.717) is 11.5 Å². The highest BCUT2D eigenvalue weighted by Gasteiger charge is 2.36. The number of β-amino-alcohol motifs (C(OH)–C–C–N with tert-alkyl or cyclic N) is 1. The van der Waals surface area contributed by atoms with Crippen molar-refractivity contribution in [1.29, 1.82) is 0 Å². The summed E-state index contributed by atoms with van der Waals surface area (Å²) >= 11 is 0. The maximum Gasteiger partial charge on any atom is 0.203 e. The third-order valence-corrected chi connectivity index (χ3v) is 4.07. The summed E-state index contributed by atoms with van der Waals surface area (Å²) in [6.45, 7) is 0.264. The van der Waals surface area contributed by atoms with E-state index in [1.54, 1.807) is 21.7 Å². The summed E-state index contributed by atoms with van der Waals surface area (Å²) in [6.07, 6.45) is 4.44. The first-order valence-electron chi connectivity index (χ1n) is 7.17. The molecule has 2 atom stereocenters. The van der Waals surface area contributed by atoms with Crippen LogP contribution in [0.15, 0.2) is 36.9 Å². The number of nitrogens with zero attached hydrogens (tertiary/aromatic N) is 5. The highest BCUT2D eigenvalue weighted by molar-refractivity contribution is 5.65. The lowest BCUT2D eigenvalue weighted by molar-refractivity contribution is 0.194. The minimum atomic E-state index is -0.660. The van der Waals surface area contributed by atoms with Crippen LogP contribution in [0.2, 0.25) is 0 Å². The number of fused-ring (bicyclic) bond motifs is 1. The molecule has 0 unspecified atom stereocenters. The molecule has 1 N–H and O–H groups in total. The first kappa shape index (κ1) is 14.0. The Bertz CT molecular complexity index is 868. The number of benzene rings is 1. The molecular weight excluding hydrogens is 304 g/mol. The molecule has 0 spiro atoms. The van der Waals surface area contributed by atoms with Gasteiger partial charge >= 0.3 is 0 Å². The molecule has 4 rings (SSSR count). The van der Waals surface area contributed by atoms with Crippen molar-refractivity contribution in [3.05, 3.63) is 54.1 Å². The van der Waals surface area contributed by atoms with Crippen molar-refractivity contribution < 1.29 is 13.9 Å². The molecule has 1 aliphatic rings. The zero-order valence-electron chi connectivity index (χ0n) is 12.0. The molecule has 8 heteroatoms. The highest BCUT2D eigenvalue weighted by Crippen LogP contribution is 2.37. The largest absolute Gasteiger partial charge is 0.391 e. The lowest BCUT2D eigenvalue weighted by Crippen LogP contribution is -2.26. The number of aliphatic hydroxyl groups is 1. The van der Waals surface area contributed by atoms with Crippen molar-refractivity contribution in [1.82, 2.24) is 19.6 Å². The Labute approximate surface area is 130 Å². The van der Waals surface area contributed by atoms with Crippen LogP contribution >= 0.6 is 0 Å². The normalized spacial score (nSPS) is 21.3. The Kier molecular flexibility index (Phi) is 3.19. The Hall–Kier alpha value is -2.61. The number of hydrogen-bond donors (Lipinski definition) is 1. The summed E-state index contributed by atoms with van der Waals surface area (Å²) in [4.78, 5) is 6.04. The molecule has 0 radical (unpaired) electrons. The fraction of sp³-hybridized carbons (Fsp3) is 0.267. The van der Waals surface area contributed by atoms with E-state index < -0.39 is 23.8 Å². The molecule has 2 aromatic heterocycles. The van der Waals surface area contributed by atoms with Crippen LogP contribution in [0.5, 0.6) is 0 Å². The Morgan fingerprint density at radius 1 is 1.26 bits per heavy atom. The second kappa shape index (κ2) is 5.24. The minimum absolute atomic E-state index is 0.199. The molecule has 1 fully saturated rings. The van der Waals surface area contributed by atoms with Crippen LogP contribution in [-0.2, 0) is 0 Å². The highest BCUT2D eigenvalue weighted by atomic mass is 19.1. The molecule has 1 saturated heterocycles. The Morgan fingerprint density at radius 3 is 3.00 bits per heavy atom. The van der Waals surface area contributed by atoms with Crippen molar-refractivity contribution in [3.8, 4) is 0 Å². The smallest absolute Gasteiger partial charge is 0.203 e. The predicted molar refractivity (Wildman–Crippen MR) is 77.9 cm³/mol. The standard InChI is InChI=1S/C15H13F2N5O/c16-9-1-2-12(17)11(5-9)13-6-10(23)7-22(13)14-15-20-19-8-21(15)4-3-18-14/h1-5,8,10,13,23H,6-7H2/t10-,13-/m0/s1. The van der Waals surface area contributed by atoms with Gasteiger partial charge in [-0.3, -0.25) is 4.40 Å². The van der Waals surface area contributed by atoms with E-state index in [-0.39, 0.29) is 18.5 Å². The van der Waals surface area contributed by atoms with E-state index in [1.165, 1.54) is 6.33 Å². The summed E-state index contributed by atoms with van der Waals surface area (Å²) in [5.74, 6) is -0.546. The van der Waals surface area contributed by atoms with Gasteiger partial charge in [0.15, 0.2) is 5.82 Å². The SMILES string of the molecule is O[C@H]1C[C@@H](c2cc(F)ccc2F)N(c2nccn3cnnc23)C1. The van der Waals surface area contributed by atoms with E-state index in [9.17, 15) is 13.9 Å². The lowest BCUT2D eigenvalue weighted by Gasteiger charge is -2.26. The van der Waals surface area contributed by atoms with Gasteiger partial charge in [0.25, 0.3) is 0 Å². The third kappa shape index (κ3) is 2.31. The molecular formula is C15H13F2N5O. The van der Waals surface area contributed by atoms with Crippen LogP contribution in [0, 0.1) is 11.6 Å². The van der Waals surface area contributed by atoms with Gasteiger partial charge in [0, 0.05) is 24.5 Å². The van der Waals surface area contributed by atoms with Gasteiger partial charge in [0.05, 0.1) is 12.1 Å². The molecule has 1 aliphatic heterocycles. The van der Waals surface area contributed by atoms with Crippen molar-refractivity contribution in [2.24, 2.45) is 0 Å². The van der Waals surface area contributed by atoms with Gasteiger partial charge < -0.3 is 10.0 Å². The zero-order valence-corrected chi connectivity index (χ0v) is 12.0. The quantitative estimate of drug-likeness (QED) is 0.779. The summed E-state index contributed by atoms with van der Waals surface area (Å²) in [7, 11) is 0. The van der Waals surface area contributed by atoms with Crippen molar-refractivity contribution >= 4 is 11.5 Å². The molecule has 118 valence electrons. The fourth-order valence-corrected chi connectivity index (χ4v) is 3.06. The number of aliphatic hydroxyl groups excluding tert-OH is 1. The first-order chi connectivity index (χ1) is 11.1. The van der Waals surface area contributed by atoms with Gasteiger partial charge in [0.1, 0.15) is 18.0 Å². The zero-order chi connectivity index (χ0) is 16.0. The van der Waals surface area contributed by atoms with Crippen LogP contribution in [0.3, 0.4) is 0 Å². The number of anilines is 1. The first-order valence-corrected chi connectivity index (χ1v) is 7.17. The number of rotatable bonds is 2. The number of halogens is 2. The van der Waals surface area contributed by atoms with Gasteiger partial charge in [-0.05, 0) is 24.6 Å². The summed E-state index contributed by atoms with van der Waals surface area (Å²) in [5.41, 5.74) is 0.702. The topological polar surface area (TPSA) is 66.5 Å². The fourth-order valence-electron chi connectivity index (χ4n) is 3.06. The monoisotopic (exact) mass is 317 g/mol. The lowest BCUT2D eigenvalue weighted by atomic mass is 10.0. The maximum atomic E-state index is 14.2. The van der Waals surface area contributed by atoms with Crippen LogP contribution < -0.4 is 4.90 Å². The molecule has 1 aromatic carbocycles. The molecule has 0 saturated carbocycles. The van der Waals surface area contributed by atoms with E-state index in [4.69, 9.17) is 0 Å². The number of aromatic nitrogens is 4. The third-order valence-electron chi connectivity index (χ3n) is 4.07. The average molecular weight is 317 g/mol. The molecule has 6 nitrogen and oxygen atoms in total. The van der Waals surface area contributed by atoms with E-state index in [0.717, 1.165) is 18.2 Å². The van der Waals surface area contributed by atoms with E-state index in [2.05, 4.69) is 15.2 Å².